The van der Waals surface area contributed by atoms with E-state index in [0.717, 1.165) is 25.7 Å². The van der Waals surface area contributed by atoms with E-state index in [0.29, 0.717) is 0 Å². The molecule has 0 aromatic carbocycles. The largest absolute Gasteiger partial charge is 0.381 e. The Morgan fingerprint density at radius 2 is 2.62 bits per heavy atom. The van der Waals surface area contributed by atoms with Crippen molar-refractivity contribution in [3.05, 3.63) is 0 Å². The van der Waals surface area contributed by atoms with Crippen LogP contribution in [0.15, 0.2) is 0 Å². The highest BCUT2D eigenvalue weighted by Crippen LogP contribution is 2.10. The van der Waals surface area contributed by atoms with Gasteiger partial charge < -0.3 is 4.74 Å². The van der Waals surface area contributed by atoms with E-state index in [2.05, 4.69) is 5.32 Å². The maximum Gasteiger partial charge on any atom is 0.0507 e. The average Bonchev–Trinajstić information content (AvgIpc) is 2.19. The minimum atomic E-state index is 0.722. The second-order valence-corrected chi connectivity index (χ2v) is 2.23. The normalized spacial score (nSPS) is 28.9. The fourth-order valence-corrected chi connectivity index (χ4v) is 0.986. The SMILES string of the molecule is C[N]CC1CCOC1. The summed E-state index contributed by atoms with van der Waals surface area (Å²) < 4.78 is 5.15. The highest BCUT2D eigenvalue weighted by molar-refractivity contribution is 4.64. The van der Waals surface area contributed by atoms with Gasteiger partial charge in [-0.15, -0.1) is 0 Å². The van der Waals surface area contributed by atoms with Gasteiger partial charge in [0.1, 0.15) is 0 Å². The fraction of sp³-hybridized carbons (Fsp3) is 1.00. The third kappa shape index (κ3) is 1.46. The third-order valence-electron chi connectivity index (χ3n) is 1.46. The minimum absolute atomic E-state index is 0.722. The molecule has 0 spiro atoms. The van der Waals surface area contributed by atoms with Gasteiger partial charge in [-0.2, -0.15) is 0 Å². The molecule has 2 heteroatoms. The molecule has 1 fully saturated rings. The zero-order valence-corrected chi connectivity index (χ0v) is 5.26. The van der Waals surface area contributed by atoms with Crippen LogP contribution in [0.5, 0.6) is 0 Å². The van der Waals surface area contributed by atoms with Crippen LogP contribution in [-0.4, -0.2) is 26.8 Å². The quantitative estimate of drug-likeness (QED) is 0.505. The molecule has 1 aliphatic heterocycles. The van der Waals surface area contributed by atoms with Crippen molar-refractivity contribution in [2.24, 2.45) is 5.92 Å². The molecule has 0 aromatic heterocycles. The van der Waals surface area contributed by atoms with Gasteiger partial charge in [-0.1, -0.05) is 0 Å². The van der Waals surface area contributed by atoms with Gasteiger partial charge >= 0.3 is 0 Å². The zero-order chi connectivity index (χ0) is 5.82. The summed E-state index contributed by atoms with van der Waals surface area (Å²) in [7, 11) is 1.86. The summed E-state index contributed by atoms with van der Waals surface area (Å²) in [6.45, 7) is 2.86. The number of hydrogen-bond acceptors (Lipinski definition) is 1. The molecule has 47 valence electrons. The van der Waals surface area contributed by atoms with Gasteiger partial charge in [0.05, 0.1) is 6.61 Å². The van der Waals surface area contributed by atoms with Crippen LogP contribution in [0.4, 0.5) is 0 Å². The van der Waals surface area contributed by atoms with Crippen LogP contribution in [0, 0.1) is 5.92 Å². The lowest BCUT2D eigenvalue weighted by molar-refractivity contribution is 0.185. The molecule has 1 heterocycles. The van der Waals surface area contributed by atoms with Crippen molar-refractivity contribution in [1.29, 1.82) is 0 Å². The third-order valence-corrected chi connectivity index (χ3v) is 1.46. The molecule has 1 radical (unpaired) electrons. The number of ether oxygens (including phenoxy) is 1. The van der Waals surface area contributed by atoms with E-state index in [-0.39, 0.29) is 0 Å². The van der Waals surface area contributed by atoms with Gasteiger partial charge in [0.2, 0.25) is 0 Å². The highest BCUT2D eigenvalue weighted by Gasteiger charge is 2.13. The topological polar surface area (TPSA) is 23.3 Å². The highest BCUT2D eigenvalue weighted by atomic mass is 16.5. The first-order chi connectivity index (χ1) is 3.93. The Morgan fingerprint density at radius 1 is 1.75 bits per heavy atom. The molecule has 2 nitrogen and oxygen atoms in total. The molecule has 1 unspecified atom stereocenters. The molecule has 1 aliphatic rings. The van der Waals surface area contributed by atoms with Crippen LogP contribution in [0.2, 0.25) is 0 Å². The molecule has 0 aromatic rings. The van der Waals surface area contributed by atoms with Crippen LogP contribution in [-0.2, 0) is 4.74 Å². The lowest BCUT2D eigenvalue weighted by Gasteiger charge is -2.01. The molecule has 0 N–H and O–H groups in total. The van der Waals surface area contributed by atoms with E-state index >= 15 is 0 Å². The molecule has 0 aliphatic carbocycles. The van der Waals surface area contributed by atoms with Crippen molar-refractivity contribution >= 4 is 0 Å². The summed E-state index contributed by atoms with van der Waals surface area (Å²) in [5, 5.41) is 4.04. The lowest BCUT2D eigenvalue weighted by atomic mass is 10.1. The summed E-state index contributed by atoms with van der Waals surface area (Å²) >= 11 is 0. The lowest BCUT2D eigenvalue weighted by Crippen LogP contribution is -2.12. The molecular weight excluding hydrogens is 102 g/mol. The summed E-state index contributed by atoms with van der Waals surface area (Å²) in [6, 6.07) is 0. The first-order valence-corrected chi connectivity index (χ1v) is 3.07. The van der Waals surface area contributed by atoms with Gasteiger partial charge in [-0.05, 0) is 12.3 Å². The van der Waals surface area contributed by atoms with Crippen molar-refractivity contribution in [3.8, 4) is 0 Å². The van der Waals surface area contributed by atoms with E-state index in [1.165, 1.54) is 6.42 Å². The van der Waals surface area contributed by atoms with Crippen molar-refractivity contribution in [2.75, 3.05) is 26.8 Å². The molecule has 0 bridgehead atoms. The first-order valence-electron chi connectivity index (χ1n) is 3.07. The molecule has 0 amide bonds. The Balaban J connectivity index is 2.06. The fourth-order valence-electron chi connectivity index (χ4n) is 0.986. The summed E-state index contributed by atoms with van der Waals surface area (Å²) in [5.74, 6) is 0.722. The predicted molar refractivity (Wildman–Crippen MR) is 31.9 cm³/mol. The summed E-state index contributed by atoms with van der Waals surface area (Å²) in [6.07, 6.45) is 1.21. The number of nitrogens with zero attached hydrogens (tertiary/aromatic N) is 1. The Kier molecular flexibility index (Phi) is 2.30. The second kappa shape index (κ2) is 3.05. The van der Waals surface area contributed by atoms with Crippen LogP contribution in [0.1, 0.15) is 6.42 Å². The smallest absolute Gasteiger partial charge is 0.0507 e. The number of hydrogen-bond donors (Lipinski definition) is 0. The molecular formula is C6H12NO. The average molecular weight is 114 g/mol. The molecule has 1 saturated heterocycles. The first kappa shape index (κ1) is 6.05. The summed E-state index contributed by atoms with van der Waals surface area (Å²) in [5.41, 5.74) is 0. The van der Waals surface area contributed by atoms with Gasteiger partial charge in [0, 0.05) is 20.2 Å². The minimum Gasteiger partial charge on any atom is -0.381 e. The van der Waals surface area contributed by atoms with Crippen LogP contribution < -0.4 is 5.32 Å². The molecule has 1 rings (SSSR count). The molecule has 0 saturated carbocycles. The summed E-state index contributed by atoms with van der Waals surface area (Å²) in [4.78, 5) is 0. The van der Waals surface area contributed by atoms with Crippen LogP contribution in [0.3, 0.4) is 0 Å². The molecule has 1 atom stereocenters. The van der Waals surface area contributed by atoms with Crippen molar-refractivity contribution in [1.82, 2.24) is 5.32 Å². The van der Waals surface area contributed by atoms with Crippen molar-refractivity contribution in [3.63, 3.8) is 0 Å². The Morgan fingerprint density at radius 3 is 3.12 bits per heavy atom. The second-order valence-electron chi connectivity index (χ2n) is 2.23. The Labute approximate surface area is 50.2 Å². The van der Waals surface area contributed by atoms with E-state index in [9.17, 15) is 0 Å². The van der Waals surface area contributed by atoms with E-state index < -0.39 is 0 Å². The Bertz CT molecular complexity index is 59.5. The monoisotopic (exact) mass is 114 g/mol. The predicted octanol–water partition coefficient (Wildman–Crippen LogP) is 0.257. The van der Waals surface area contributed by atoms with E-state index in [4.69, 9.17) is 4.74 Å². The van der Waals surface area contributed by atoms with Crippen LogP contribution >= 0.6 is 0 Å². The van der Waals surface area contributed by atoms with Gasteiger partial charge in [0.25, 0.3) is 0 Å². The number of rotatable bonds is 2. The van der Waals surface area contributed by atoms with Gasteiger partial charge in [-0.25, -0.2) is 5.32 Å². The van der Waals surface area contributed by atoms with Crippen LogP contribution in [0.25, 0.3) is 0 Å². The zero-order valence-electron chi connectivity index (χ0n) is 5.26. The van der Waals surface area contributed by atoms with Crippen molar-refractivity contribution < 1.29 is 4.74 Å². The van der Waals surface area contributed by atoms with E-state index in [1.807, 2.05) is 7.05 Å². The van der Waals surface area contributed by atoms with Crippen molar-refractivity contribution in [2.45, 2.75) is 6.42 Å². The van der Waals surface area contributed by atoms with Gasteiger partial charge in [-0.3, -0.25) is 0 Å². The van der Waals surface area contributed by atoms with E-state index in [1.54, 1.807) is 0 Å². The molecule has 8 heavy (non-hydrogen) atoms. The standard InChI is InChI=1S/C6H12NO/c1-7-4-6-2-3-8-5-6/h6H,2-5H2,1H3. The van der Waals surface area contributed by atoms with Gasteiger partial charge in [0.15, 0.2) is 0 Å². The Hall–Kier alpha value is -0.0800. The maximum absolute atomic E-state index is 5.15. The maximum atomic E-state index is 5.15.